The molecule has 4 N–H and O–H groups in total. The van der Waals surface area contributed by atoms with Crippen LogP contribution in [-0.2, 0) is 12.7 Å². The molecule has 0 bridgehead atoms. The smallest absolute Gasteiger partial charge is 0.366 e. The summed E-state index contributed by atoms with van der Waals surface area (Å²) in [5.41, 5.74) is 5.03. The quantitative estimate of drug-likeness (QED) is 0.572. The number of alkyl halides is 3. The summed E-state index contributed by atoms with van der Waals surface area (Å²) in [5.74, 6) is 0.0216. The van der Waals surface area contributed by atoms with E-state index in [4.69, 9.17) is 5.73 Å². The molecular formula is C19H19F3N6O. The number of hydrogen-bond donors (Lipinski definition) is 3. The van der Waals surface area contributed by atoms with Gasteiger partial charge in [-0.25, -0.2) is 9.67 Å². The molecule has 0 aliphatic heterocycles. The number of aryl methyl sites for hydroxylation is 2. The van der Waals surface area contributed by atoms with Crippen molar-refractivity contribution in [3.05, 3.63) is 59.4 Å². The first-order chi connectivity index (χ1) is 13.7. The van der Waals surface area contributed by atoms with E-state index in [1.807, 2.05) is 6.92 Å². The SMILES string of the molecule is CCn1nccc1Nc1cc(Nc2c(C)cccc2C(N)=O)c(C(F)(F)F)cn1. The first-order valence-electron chi connectivity index (χ1n) is 8.73. The number of para-hydroxylation sites is 1. The van der Waals surface area contributed by atoms with Crippen LogP contribution < -0.4 is 16.4 Å². The van der Waals surface area contributed by atoms with Crippen molar-refractivity contribution < 1.29 is 18.0 Å². The molecule has 3 rings (SSSR count). The van der Waals surface area contributed by atoms with Gasteiger partial charge in [-0.05, 0) is 25.5 Å². The Hall–Kier alpha value is -3.56. The van der Waals surface area contributed by atoms with Gasteiger partial charge in [-0.1, -0.05) is 12.1 Å². The van der Waals surface area contributed by atoms with E-state index < -0.39 is 17.6 Å². The van der Waals surface area contributed by atoms with E-state index in [1.54, 1.807) is 36.0 Å². The van der Waals surface area contributed by atoms with Gasteiger partial charge in [-0.3, -0.25) is 4.79 Å². The minimum Gasteiger partial charge on any atom is -0.366 e. The van der Waals surface area contributed by atoms with Crippen LogP contribution in [0.2, 0.25) is 0 Å². The first-order valence-corrected chi connectivity index (χ1v) is 8.73. The lowest BCUT2D eigenvalue weighted by Crippen LogP contribution is -2.16. The number of nitrogens with one attached hydrogen (secondary N) is 2. The lowest BCUT2D eigenvalue weighted by Gasteiger charge is -2.18. The molecular weight excluding hydrogens is 385 g/mol. The Morgan fingerprint density at radius 3 is 2.66 bits per heavy atom. The van der Waals surface area contributed by atoms with Crippen LogP contribution in [0.25, 0.3) is 0 Å². The van der Waals surface area contributed by atoms with Crippen molar-refractivity contribution in [2.75, 3.05) is 10.6 Å². The van der Waals surface area contributed by atoms with E-state index in [2.05, 4.69) is 20.7 Å². The maximum absolute atomic E-state index is 13.5. The summed E-state index contributed by atoms with van der Waals surface area (Å²) in [6.45, 7) is 4.13. The van der Waals surface area contributed by atoms with Crippen LogP contribution in [0.4, 0.5) is 36.2 Å². The van der Waals surface area contributed by atoms with Crippen LogP contribution >= 0.6 is 0 Å². The first kappa shape index (κ1) is 20.2. The molecule has 0 aliphatic rings. The van der Waals surface area contributed by atoms with Crippen LogP contribution in [0.1, 0.15) is 28.4 Å². The molecule has 2 aromatic heterocycles. The van der Waals surface area contributed by atoms with Gasteiger partial charge in [0.1, 0.15) is 11.6 Å². The number of carbonyl (C=O) groups excluding carboxylic acids is 1. The molecule has 0 spiro atoms. The van der Waals surface area contributed by atoms with E-state index in [9.17, 15) is 18.0 Å². The molecule has 0 aliphatic carbocycles. The Bertz CT molecular complexity index is 1040. The van der Waals surface area contributed by atoms with Gasteiger partial charge in [0.15, 0.2) is 0 Å². The molecule has 0 saturated heterocycles. The highest BCUT2D eigenvalue weighted by atomic mass is 19.4. The zero-order valence-corrected chi connectivity index (χ0v) is 15.7. The maximum Gasteiger partial charge on any atom is 0.419 e. The molecule has 0 fully saturated rings. The van der Waals surface area contributed by atoms with E-state index in [1.165, 1.54) is 12.1 Å². The van der Waals surface area contributed by atoms with Crippen molar-refractivity contribution in [3.8, 4) is 0 Å². The lowest BCUT2D eigenvalue weighted by molar-refractivity contribution is -0.137. The fourth-order valence-corrected chi connectivity index (χ4v) is 2.85. The number of carbonyl (C=O) groups is 1. The molecule has 10 heteroatoms. The second-order valence-electron chi connectivity index (χ2n) is 6.26. The lowest BCUT2D eigenvalue weighted by atomic mass is 10.1. The number of benzene rings is 1. The van der Waals surface area contributed by atoms with Gasteiger partial charge in [0.25, 0.3) is 5.91 Å². The normalized spacial score (nSPS) is 11.3. The van der Waals surface area contributed by atoms with Crippen LogP contribution in [0.15, 0.2) is 42.7 Å². The molecule has 7 nitrogen and oxygen atoms in total. The number of rotatable bonds is 6. The van der Waals surface area contributed by atoms with Crippen molar-refractivity contribution in [2.45, 2.75) is 26.6 Å². The van der Waals surface area contributed by atoms with Crippen LogP contribution in [0.3, 0.4) is 0 Å². The zero-order chi connectivity index (χ0) is 21.2. The number of halogens is 3. The summed E-state index contributed by atoms with van der Waals surface area (Å²) in [5, 5.41) is 9.77. The number of primary amides is 1. The summed E-state index contributed by atoms with van der Waals surface area (Å²) < 4.78 is 42.2. The number of hydrogen-bond acceptors (Lipinski definition) is 5. The summed E-state index contributed by atoms with van der Waals surface area (Å²) in [4.78, 5) is 15.6. The third-order valence-corrected chi connectivity index (χ3v) is 4.28. The molecule has 0 unspecified atom stereocenters. The highest BCUT2D eigenvalue weighted by Gasteiger charge is 2.34. The van der Waals surface area contributed by atoms with E-state index >= 15 is 0 Å². The van der Waals surface area contributed by atoms with E-state index in [0.29, 0.717) is 17.9 Å². The molecule has 152 valence electrons. The fourth-order valence-electron chi connectivity index (χ4n) is 2.85. The monoisotopic (exact) mass is 404 g/mol. The van der Waals surface area contributed by atoms with Gasteiger partial charge in [0.2, 0.25) is 0 Å². The Morgan fingerprint density at radius 2 is 2.00 bits per heavy atom. The third-order valence-electron chi connectivity index (χ3n) is 4.28. The van der Waals surface area contributed by atoms with Gasteiger partial charge in [-0.2, -0.15) is 18.3 Å². The summed E-state index contributed by atoms with van der Waals surface area (Å²) in [7, 11) is 0. The minimum absolute atomic E-state index is 0.0912. The zero-order valence-electron chi connectivity index (χ0n) is 15.7. The molecule has 1 amide bonds. The molecule has 29 heavy (non-hydrogen) atoms. The predicted molar refractivity (Wildman–Crippen MR) is 103 cm³/mol. The van der Waals surface area contributed by atoms with E-state index in [0.717, 1.165) is 6.20 Å². The van der Waals surface area contributed by atoms with Crippen LogP contribution in [0, 0.1) is 6.92 Å². The standard InChI is InChI=1S/C19H19F3N6O/c1-3-28-16(7-8-25-28)27-15-9-14(13(10-24-15)19(20,21)22)26-17-11(2)5-4-6-12(17)18(23)29/h4-10H,3H2,1-2H3,(H2,23,29)(H2,24,26,27). The van der Waals surface area contributed by atoms with Crippen LogP contribution in [0.5, 0.6) is 0 Å². The Balaban J connectivity index is 2.06. The van der Waals surface area contributed by atoms with Crippen LogP contribution in [-0.4, -0.2) is 20.7 Å². The summed E-state index contributed by atoms with van der Waals surface area (Å²) >= 11 is 0. The number of nitrogens with two attached hydrogens (primary N) is 1. The second kappa shape index (κ2) is 7.82. The Morgan fingerprint density at radius 1 is 1.24 bits per heavy atom. The fraction of sp³-hybridized carbons (Fsp3) is 0.211. The Kier molecular flexibility index (Phi) is 5.44. The molecule has 3 aromatic rings. The average molecular weight is 404 g/mol. The van der Waals surface area contributed by atoms with E-state index in [-0.39, 0.29) is 22.8 Å². The molecule has 0 saturated carbocycles. The predicted octanol–water partition coefficient (Wildman–Crippen LogP) is 4.21. The average Bonchev–Trinajstić information content (AvgIpc) is 3.09. The number of anilines is 4. The minimum atomic E-state index is -4.64. The summed E-state index contributed by atoms with van der Waals surface area (Å²) in [6, 6.07) is 7.64. The number of amides is 1. The van der Waals surface area contributed by atoms with Crippen molar-refractivity contribution >= 4 is 28.9 Å². The molecule has 0 radical (unpaired) electrons. The largest absolute Gasteiger partial charge is 0.419 e. The van der Waals surface area contributed by atoms with Crippen molar-refractivity contribution in [2.24, 2.45) is 5.73 Å². The van der Waals surface area contributed by atoms with Gasteiger partial charge in [0, 0.05) is 24.9 Å². The summed E-state index contributed by atoms with van der Waals surface area (Å²) in [6.07, 6.45) is -2.34. The van der Waals surface area contributed by atoms with Crippen molar-refractivity contribution in [1.82, 2.24) is 14.8 Å². The molecule has 0 atom stereocenters. The van der Waals surface area contributed by atoms with Gasteiger partial charge in [0.05, 0.1) is 28.7 Å². The molecule has 2 heterocycles. The van der Waals surface area contributed by atoms with Gasteiger partial charge in [-0.15, -0.1) is 0 Å². The number of pyridine rings is 1. The highest BCUT2D eigenvalue weighted by Crippen LogP contribution is 2.38. The van der Waals surface area contributed by atoms with Crippen molar-refractivity contribution in [1.29, 1.82) is 0 Å². The molecule has 1 aromatic carbocycles. The van der Waals surface area contributed by atoms with Gasteiger partial charge < -0.3 is 16.4 Å². The highest BCUT2D eigenvalue weighted by molar-refractivity contribution is 6.00. The second-order valence-corrected chi connectivity index (χ2v) is 6.26. The van der Waals surface area contributed by atoms with Crippen molar-refractivity contribution in [3.63, 3.8) is 0 Å². The Labute approximate surface area is 164 Å². The third kappa shape index (κ3) is 4.31. The number of aromatic nitrogens is 3. The number of nitrogens with zero attached hydrogens (tertiary/aromatic N) is 3. The topological polar surface area (TPSA) is 97.9 Å². The maximum atomic E-state index is 13.5. The van der Waals surface area contributed by atoms with Gasteiger partial charge >= 0.3 is 6.18 Å².